The number of likely N-dealkylation sites (tertiary alicyclic amines) is 1. The molecule has 1 saturated heterocycles. The van der Waals surface area contributed by atoms with E-state index in [1.165, 1.54) is 12.1 Å². The van der Waals surface area contributed by atoms with Gasteiger partial charge >= 0.3 is 0 Å². The summed E-state index contributed by atoms with van der Waals surface area (Å²) in [5.74, 6) is -0.254. The van der Waals surface area contributed by atoms with Crippen LogP contribution in [0.3, 0.4) is 0 Å². The molecule has 6 nitrogen and oxygen atoms in total. The Bertz CT molecular complexity index is 502. The molecule has 1 aromatic rings. The number of nitro benzene ring substituents is 1. The Hall–Kier alpha value is -1.95. The lowest BCUT2D eigenvalue weighted by atomic mass is 9.98. The molecular formula is C14H19N3O3. The van der Waals surface area contributed by atoms with Crippen LogP contribution in [0.4, 0.5) is 5.69 Å². The van der Waals surface area contributed by atoms with Gasteiger partial charge in [0.05, 0.1) is 4.92 Å². The van der Waals surface area contributed by atoms with Crippen LogP contribution < -0.4 is 5.73 Å². The molecule has 20 heavy (non-hydrogen) atoms. The normalized spacial score (nSPS) is 18.9. The van der Waals surface area contributed by atoms with Gasteiger partial charge in [0.25, 0.3) is 11.6 Å². The minimum absolute atomic E-state index is 0.0982. The summed E-state index contributed by atoms with van der Waals surface area (Å²) in [7, 11) is 0. The van der Waals surface area contributed by atoms with E-state index < -0.39 is 4.92 Å². The highest BCUT2D eigenvalue weighted by molar-refractivity contribution is 5.98. The van der Waals surface area contributed by atoms with Gasteiger partial charge in [-0.05, 0) is 38.3 Å². The maximum atomic E-state index is 12.6. The number of amides is 1. The van der Waals surface area contributed by atoms with E-state index in [1.54, 1.807) is 17.0 Å². The van der Waals surface area contributed by atoms with Gasteiger partial charge in [-0.1, -0.05) is 12.1 Å². The molecule has 0 aromatic heterocycles. The number of piperidine rings is 1. The van der Waals surface area contributed by atoms with Gasteiger partial charge in [0.1, 0.15) is 5.56 Å². The number of hydrogen-bond acceptors (Lipinski definition) is 4. The quantitative estimate of drug-likeness (QED) is 0.672. The second-order valence-electron chi connectivity index (χ2n) is 5.00. The number of para-hydroxylation sites is 1. The molecule has 6 heteroatoms. The predicted molar refractivity (Wildman–Crippen MR) is 75.4 cm³/mol. The van der Waals surface area contributed by atoms with Crippen molar-refractivity contribution in [1.29, 1.82) is 0 Å². The van der Waals surface area contributed by atoms with E-state index in [4.69, 9.17) is 5.73 Å². The van der Waals surface area contributed by atoms with Gasteiger partial charge in [0.15, 0.2) is 0 Å². The lowest BCUT2D eigenvalue weighted by Crippen LogP contribution is -2.44. The Kier molecular flexibility index (Phi) is 4.68. The van der Waals surface area contributed by atoms with E-state index in [2.05, 4.69) is 0 Å². The van der Waals surface area contributed by atoms with Crippen molar-refractivity contribution in [3.05, 3.63) is 39.9 Å². The van der Waals surface area contributed by atoms with Gasteiger partial charge in [-0.25, -0.2) is 0 Å². The van der Waals surface area contributed by atoms with Crippen molar-refractivity contribution in [2.75, 3.05) is 13.1 Å². The highest BCUT2D eigenvalue weighted by Gasteiger charge is 2.30. The average Bonchev–Trinajstić information content (AvgIpc) is 2.47. The van der Waals surface area contributed by atoms with Crippen LogP contribution in [0.2, 0.25) is 0 Å². The van der Waals surface area contributed by atoms with Crippen LogP contribution in [0.25, 0.3) is 0 Å². The lowest BCUT2D eigenvalue weighted by Gasteiger charge is -2.35. The molecule has 0 bridgehead atoms. The third-order valence-electron chi connectivity index (χ3n) is 3.72. The zero-order valence-corrected chi connectivity index (χ0v) is 11.3. The van der Waals surface area contributed by atoms with E-state index in [-0.39, 0.29) is 23.2 Å². The van der Waals surface area contributed by atoms with E-state index >= 15 is 0 Å². The number of carbonyl (C=O) groups excluding carboxylic acids is 1. The van der Waals surface area contributed by atoms with Crippen LogP contribution in [-0.4, -0.2) is 34.9 Å². The highest BCUT2D eigenvalue weighted by atomic mass is 16.6. The summed E-state index contributed by atoms with van der Waals surface area (Å²) in [4.78, 5) is 24.9. The van der Waals surface area contributed by atoms with E-state index in [9.17, 15) is 14.9 Å². The molecule has 2 N–H and O–H groups in total. The largest absolute Gasteiger partial charge is 0.335 e. The zero-order chi connectivity index (χ0) is 14.5. The molecule has 0 aliphatic carbocycles. The Labute approximate surface area is 117 Å². The standard InChI is InChI=1S/C14H19N3O3/c15-9-8-11-5-3-4-10-16(11)14(18)12-6-1-2-7-13(12)17(19)20/h1-2,6-7,11H,3-5,8-10,15H2. The summed E-state index contributed by atoms with van der Waals surface area (Å²) in [6.07, 6.45) is 3.68. The van der Waals surface area contributed by atoms with E-state index in [1.807, 2.05) is 0 Å². The second kappa shape index (κ2) is 6.47. The molecule has 1 aromatic carbocycles. The second-order valence-corrected chi connectivity index (χ2v) is 5.00. The van der Waals surface area contributed by atoms with Crippen LogP contribution in [0.5, 0.6) is 0 Å². The first kappa shape index (κ1) is 14.5. The van der Waals surface area contributed by atoms with Gasteiger partial charge < -0.3 is 10.6 Å². The van der Waals surface area contributed by atoms with Gasteiger partial charge in [-0.2, -0.15) is 0 Å². The van der Waals surface area contributed by atoms with Crippen LogP contribution in [0.1, 0.15) is 36.0 Å². The maximum Gasteiger partial charge on any atom is 0.282 e. The summed E-state index contributed by atoms with van der Waals surface area (Å²) in [6.45, 7) is 1.17. The summed E-state index contributed by atoms with van der Waals surface area (Å²) in [5.41, 5.74) is 5.63. The van der Waals surface area contributed by atoms with Crippen molar-refractivity contribution in [1.82, 2.24) is 4.90 Å². The van der Waals surface area contributed by atoms with Crippen molar-refractivity contribution in [3.63, 3.8) is 0 Å². The van der Waals surface area contributed by atoms with Crippen molar-refractivity contribution < 1.29 is 9.72 Å². The number of nitro groups is 1. The number of nitrogens with zero attached hydrogens (tertiary/aromatic N) is 2. The predicted octanol–water partition coefficient (Wildman–Crippen LogP) is 1.94. The Morgan fingerprint density at radius 2 is 2.15 bits per heavy atom. The van der Waals surface area contributed by atoms with Crippen LogP contribution in [-0.2, 0) is 0 Å². The first-order valence-corrected chi connectivity index (χ1v) is 6.89. The summed E-state index contributed by atoms with van der Waals surface area (Å²) in [6, 6.07) is 6.22. The maximum absolute atomic E-state index is 12.6. The van der Waals surface area contributed by atoms with Gasteiger partial charge in [0.2, 0.25) is 0 Å². The van der Waals surface area contributed by atoms with Crippen LogP contribution >= 0.6 is 0 Å². The molecule has 0 saturated carbocycles. The molecule has 108 valence electrons. The molecule has 0 spiro atoms. The molecule has 1 aliphatic heterocycles. The molecule has 1 unspecified atom stereocenters. The summed E-state index contributed by atoms with van der Waals surface area (Å²) >= 11 is 0. The first-order valence-electron chi connectivity index (χ1n) is 6.89. The first-order chi connectivity index (χ1) is 9.65. The Morgan fingerprint density at radius 1 is 1.40 bits per heavy atom. The van der Waals surface area contributed by atoms with E-state index in [0.29, 0.717) is 13.1 Å². The van der Waals surface area contributed by atoms with Crippen molar-refractivity contribution >= 4 is 11.6 Å². The molecule has 1 fully saturated rings. The van der Waals surface area contributed by atoms with Crippen LogP contribution in [0, 0.1) is 10.1 Å². The number of benzene rings is 1. The average molecular weight is 277 g/mol. The zero-order valence-electron chi connectivity index (χ0n) is 11.3. The highest BCUT2D eigenvalue weighted by Crippen LogP contribution is 2.25. The number of rotatable bonds is 4. The molecule has 1 amide bonds. The fraction of sp³-hybridized carbons (Fsp3) is 0.500. The minimum Gasteiger partial charge on any atom is -0.335 e. The van der Waals surface area contributed by atoms with Crippen molar-refractivity contribution in [2.24, 2.45) is 5.73 Å². The summed E-state index contributed by atoms with van der Waals surface area (Å²) in [5, 5.41) is 11.0. The monoisotopic (exact) mass is 277 g/mol. The van der Waals surface area contributed by atoms with Gasteiger partial charge in [-0.15, -0.1) is 0 Å². The van der Waals surface area contributed by atoms with Crippen molar-refractivity contribution in [2.45, 2.75) is 31.7 Å². The molecular weight excluding hydrogens is 258 g/mol. The van der Waals surface area contributed by atoms with Crippen molar-refractivity contribution in [3.8, 4) is 0 Å². The number of hydrogen-bond donors (Lipinski definition) is 1. The fourth-order valence-corrected chi connectivity index (χ4v) is 2.73. The van der Waals surface area contributed by atoms with Crippen LogP contribution in [0.15, 0.2) is 24.3 Å². The summed E-state index contributed by atoms with van der Waals surface area (Å²) < 4.78 is 0. The third kappa shape index (κ3) is 2.96. The molecule has 1 aliphatic rings. The number of carbonyl (C=O) groups is 1. The molecule has 1 heterocycles. The third-order valence-corrected chi connectivity index (χ3v) is 3.72. The molecule has 2 rings (SSSR count). The fourth-order valence-electron chi connectivity index (χ4n) is 2.73. The van der Waals surface area contributed by atoms with Gasteiger partial charge in [-0.3, -0.25) is 14.9 Å². The smallest absolute Gasteiger partial charge is 0.282 e. The van der Waals surface area contributed by atoms with Gasteiger partial charge in [0, 0.05) is 18.7 Å². The minimum atomic E-state index is -0.505. The topological polar surface area (TPSA) is 89.5 Å². The molecule has 1 atom stereocenters. The SMILES string of the molecule is NCCC1CCCCN1C(=O)c1ccccc1[N+](=O)[O-]. The Morgan fingerprint density at radius 3 is 2.85 bits per heavy atom. The van der Waals surface area contributed by atoms with E-state index in [0.717, 1.165) is 25.7 Å². The molecule has 0 radical (unpaired) electrons. The number of nitrogens with two attached hydrogens (primary N) is 1. The lowest BCUT2D eigenvalue weighted by molar-refractivity contribution is -0.385. The Balaban J connectivity index is 2.27.